The zero-order valence-corrected chi connectivity index (χ0v) is 14.9. The Kier molecular flexibility index (Phi) is 5.70. The van der Waals surface area contributed by atoms with Crippen LogP contribution in [0.25, 0.3) is 0 Å². The first kappa shape index (κ1) is 17.5. The van der Waals surface area contributed by atoms with Gasteiger partial charge < -0.3 is 15.2 Å². The number of nitrogens with zero attached hydrogens (tertiary/aromatic N) is 3. The summed E-state index contributed by atoms with van der Waals surface area (Å²) in [5.41, 5.74) is 1.15. The quantitative estimate of drug-likeness (QED) is 0.690. The minimum Gasteiger partial charge on any atom is -0.352 e. The molecule has 25 heavy (non-hydrogen) atoms. The monoisotopic (exact) mass is 359 g/mol. The molecule has 3 rings (SSSR count). The molecule has 0 atom stereocenters. The first-order valence-electron chi connectivity index (χ1n) is 8.24. The largest absolute Gasteiger partial charge is 0.352 e. The number of aryl methyl sites for hydroxylation is 1. The number of nitrogens with one attached hydrogen (secondary N) is 2. The summed E-state index contributed by atoms with van der Waals surface area (Å²) in [7, 11) is 0. The molecule has 1 heterocycles. The predicted octanol–water partition coefficient (Wildman–Crippen LogP) is 1.12. The molecule has 1 aliphatic carbocycles. The van der Waals surface area contributed by atoms with E-state index < -0.39 is 0 Å². The van der Waals surface area contributed by atoms with Gasteiger partial charge in [0, 0.05) is 6.04 Å². The van der Waals surface area contributed by atoms with Crippen molar-refractivity contribution < 1.29 is 9.59 Å². The molecule has 2 aromatic rings. The van der Waals surface area contributed by atoms with Crippen LogP contribution in [0.5, 0.6) is 0 Å². The summed E-state index contributed by atoms with van der Waals surface area (Å²) in [6.45, 7) is 2.57. The number of amides is 2. The Morgan fingerprint density at radius 2 is 1.96 bits per heavy atom. The van der Waals surface area contributed by atoms with Gasteiger partial charge in [-0.25, -0.2) is 0 Å². The summed E-state index contributed by atoms with van der Waals surface area (Å²) < 4.78 is 1.98. The third kappa shape index (κ3) is 5.32. The van der Waals surface area contributed by atoms with Crippen molar-refractivity contribution in [2.24, 2.45) is 0 Å². The van der Waals surface area contributed by atoms with Crippen LogP contribution >= 0.6 is 11.8 Å². The van der Waals surface area contributed by atoms with Crippen LogP contribution in [0.2, 0.25) is 0 Å². The number of hydrogen-bond acceptors (Lipinski definition) is 5. The third-order valence-corrected chi connectivity index (χ3v) is 4.77. The fourth-order valence-electron chi connectivity index (χ4n) is 2.28. The molecule has 2 amide bonds. The highest BCUT2D eigenvalue weighted by molar-refractivity contribution is 7.99. The van der Waals surface area contributed by atoms with E-state index in [1.54, 1.807) is 0 Å². The van der Waals surface area contributed by atoms with Gasteiger partial charge in [-0.2, -0.15) is 0 Å². The summed E-state index contributed by atoms with van der Waals surface area (Å²) in [6, 6.07) is 10.3. The van der Waals surface area contributed by atoms with Crippen LogP contribution in [0.1, 0.15) is 24.2 Å². The van der Waals surface area contributed by atoms with Crippen LogP contribution in [0.3, 0.4) is 0 Å². The minimum absolute atomic E-state index is 0.0195. The average Bonchev–Trinajstić information content (AvgIpc) is 3.36. The molecule has 0 spiro atoms. The maximum Gasteiger partial charge on any atom is 0.239 e. The van der Waals surface area contributed by atoms with E-state index in [-0.39, 0.29) is 24.1 Å². The fourth-order valence-corrected chi connectivity index (χ4v) is 3.10. The summed E-state index contributed by atoms with van der Waals surface area (Å²) >= 11 is 1.32. The lowest BCUT2D eigenvalue weighted by molar-refractivity contribution is -0.124. The number of benzene rings is 1. The predicted molar refractivity (Wildman–Crippen MR) is 95.2 cm³/mol. The molecule has 0 aliphatic heterocycles. The molecular formula is C17H21N5O2S. The molecule has 1 fully saturated rings. The highest BCUT2D eigenvalue weighted by Gasteiger charge is 2.23. The number of carbonyl (C=O) groups excluding carboxylic acids is 2. The molecule has 132 valence electrons. The van der Waals surface area contributed by atoms with E-state index >= 15 is 0 Å². The Morgan fingerprint density at radius 1 is 1.20 bits per heavy atom. The summed E-state index contributed by atoms with van der Waals surface area (Å²) in [5.74, 6) is 0.672. The zero-order chi connectivity index (χ0) is 17.6. The van der Waals surface area contributed by atoms with E-state index in [1.165, 1.54) is 11.8 Å². The molecule has 0 bridgehead atoms. The van der Waals surface area contributed by atoms with E-state index in [9.17, 15) is 9.59 Å². The second-order valence-corrected chi connectivity index (χ2v) is 6.95. The van der Waals surface area contributed by atoms with Crippen LogP contribution < -0.4 is 10.6 Å². The van der Waals surface area contributed by atoms with E-state index in [2.05, 4.69) is 20.8 Å². The Labute approximate surface area is 150 Å². The molecule has 1 aromatic heterocycles. The molecule has 1 aliphatic rings. The van der Waals surface area contributed by atoms with Gasteiger partial charge in [0.15, 0.2) is 5.16 Å². The number of thioether (sulfide) groups is 1. The second kappa shape index (κ2) is 8.15. The lowest BCUT2D eigenvalue weighted by atomic mass is 10.2. The molecule has 1 aromatic carbocycles. The van der Waals surface area contributed by atoms with E-state index in [1.807, 2.05) is 41.8 Å². The number of hydrogen-bond donors (Lipinski definition) is 2. The van der Waals surface area contributed by atoms with Crippen molar-refractivity contribution >= 4 is 23.6 Å². The van der Waals surface area contributed by atoms with Gasteiger partial charge in [-0.05, 0) is 25.3 Å². The zero-order valence-electron chi connectivity index (χ0n) is 14.1. The molecule has 8 heteroatoms. The van der Waals surface area contributed by atoms with Gasteiger partial charge in [0.1, 0.15) is 5.82 Å². The second-order valence-electron chi connectivity index (χ2n) is 6.01. The van der Waals surface area contributed by atoms with Crippen LogP contribution in [0.4, 0.5) is 0 Å². The van der Waals surface area contributed by atoms with Gasteiger partial charge in [-0.3, -0.25) is 9.59 Å². The molecule has 2 N–H and O–H groups in total. The van der Waals surface area contributed by atoms with Gasteiger partial charge in [-0.1, -0.05) is 42.1 Å². The van der Waals surface area contributed by atoms with E-state index in [0.29, 0.717) is 17.7 Å². The molecule has 0 radical (unpaired) electrons. The number of rotatable bonds is 8. The van der Waals surface area contributed by atoms with Gasteiger partial charge in [-0.15, -0.1) is 10.2 Å². The third-order valence-electron chi connectivity index (χ3n) is 3.81. The number of aromatic nitrogens is 3. The molecule has 0 unspecified atom stereocenters. The maximum atomic E-state index is 11.9. The summed E-state index contributed by atoms with van der Waals surface area (Å²) in [6.07, 6.45) is 2.07. The normalized spacial score (nSPS) is 13.5. The molecule has 0 saturated heterocycles. The summed E-state index contributed by atoms with van der Waals surface area (Å²) in [4.78, 5) is 23.5. The van der Waals surface area contributed by atoms with Gasteiger partial charge in [0.05, 0.1) is 18.8 Å². The molecular weight excluding hydrogens is 338 g/mol. The van der Waals surface area contributed by atoms with Crippen molar-refractivity contribution in [3.63, 3.8) is 0 Å². The average molecular weight is 359 g/mol. The van der Waals surface area contributed by atoms with E-state index in [4.69, 9.17) is 0 Å². The van der Waals surface area contributed by atoms with Gasteiger partial charge in [0.25, 0.3) is 0 Å². The topological polar surface area (TPSA) is 88.9 Å². The SMILES string of the molecule is Cc1nnc(SCC(=O)NCC(=O)NC2CC2)n1Cc1ccccc1. The van der Waals surface area contributed by atoms with Gasteiger partial charge >= 0.3 is 0 Å². The Balaban J connectivity index is 1.49. The van der Waals surface area contributed by atoms with E-state index in [0.717, 1.165) is 24.2 Å². The highest BCUT2D eigenvalue weighted by Crippen LogP contribution is 2.19. The first-order chi connectivity index (χ1) is 12.1. The van der Waals surface area contributed by atoms with Crippen LogP contribution in [-0.2, 0) is 16.1 Å². The number of carbonyl (C=O) groups is 2. The van der Waals surface area contributed by atoms with Gasteiger partial charge in [0.2, 0.25) is 11.8 Å². The Morgan fingerprint density at radius 3 is 2.68 bits per heavy atom. The lowest BCUT2D eigenvalue weighted by Crippen LogP contribution is -2.38. The smallest absolute Gasteiger partial charge is 0.239 e. The molecule has 1 saturated carbocycles. The van der Waals surface area contributed by atoms with Crippen molar-refractivity contribution in [2.75, 3.05) is 12.3 Å². The van der Waals surface area contributed by atoms with Crippen molar-refractivity contribution in [1.82, 2.24) is 25.4 Å². The van der Waals surface area contributed by atoms with Crippen molar-refractivity contribution in [1.29, 1.82) is 0 Å². The van der Waals surface area contributed by atoms with Crippen molar-refractivity contribution in [3.05, 3.63) is 41.7 Å². The van der Waals surface area contributed by atoms with Crippen molar-refractivity contribution in [2.45, 2.75) is 37.5 Å². The highest BCUT2D eigenvalue weighted by atomic mass is 32.2. The Hall–Kier alpha value is -2.35. The standard InChI is InChI=1S/C17H21N5O2S/c1-12-20-21-17(22(12)10-13-5-3-2-4-6-13)25-11-16(24)18-9-15(23)19-14-7-8-14/h2-6,14H,7-11H2,1H3,(H,18,24)(H,19,23). The maximum absolute atomic E-state index is 11.9. The minimum atomic E-state index is -0.192. The van der Waals surface area contributed by atoms with Crippen LogP contribution in [0.15, 0.2) is 35.5 Å². The lowest BCUT2D eigenvalue weighted by Gasteiger charge is -2.09. The fraction of sp³-hybridized carbons (Fsp3) is 0.412. The van der Waals surface area contributed by atoms with Crippen LogP contribution in [0, 0.1) is 6.92 Å². The molecule has 7 nitrogen and oxygen atoms in total. The van der Waals surface area contributed by atoms with Crippen LogP contribution in [-0.4, -0.2) is 44.9 Å². The summed E-state index contributed by atoms with van der Waals surface area (Å²) in [5, 5.41) is 14.4. The Bertz CT molecular complexity index is 743. The van der Waals surface area contributed by atoms with Crippen molar-refractivity contribution in [3.8, 4) is 0 Å². The first-order valence-corrected chi connectivity index (χ1v) is 9.23.